The molecular formula is C23H19N5O4S. The molecule has 0 atom stereocenters. The van der Waals surface area contributed by atoms with E-state index in [9.17, 15) is 14.4 Å². The van der Waals surface area contributed by atoms with Crippen LogP contribution in [0.1, 0.15) is 21.0 Å². The third-order valence-corrected chi connectivity index (χ3v) is 5.42. The highest BCUT2D eigenvalue weighted by Crippen LogP contribution is 2.25. The maximum Gasteiger partial charge on any atom is 0.325 e. The predicted octanol–water partition coefficient (Wildman–Crippen LogP) is 3.15. The minimum Gasteiger partial charge on any atom is -0.468 e. The van der Waals surface area contributed by atoms with Gasteiger partial charge in [0.15, 0.2) is 5.82 Å². The Hall–Kier alpha value is -4.31. The molecule has 2 amide bonds. The average Bonchev–Trinajstić information content (AvgIpc) is 3.53. The molecule has 0 fully saturated rings. The van der Waals surface area contributed by atoms with E-state index in [0.29, 0.717) is 11.5 Å². The number of nitrogens with zero attached hydrogens (tertiary/aromatic N) is 3. The fraction of sp³-hybridized carbons (Fsp3) is 0.0870. The van der Waals surface area contributed by atoms with Crippen molar-refractivity contribution in [2.75, 3.05) is 19.0 Å². The van der Waals surface area contributed by atoms with Gasteiger partial charge < -0.3 is 15.4 Å². The van der Waals surface area contributed by atoms with Gasteiger partial charge in [0.05, 0.1) is 17.7 Å². The van der Waals surface area contributed by atoms with Crippen LogP contribution in [-0.4, -0.2) is 46.2 Å². The van der Waals surface area contributed by atoms with Gasteiger partial charge in [-0.25, -0.2) is 9.67 Å². The highest BCUT2D eigenvalue weighted by Gasteiger charge is 2.20. The number of hydrogen-bond donors (Lipinski definition) is 2. The Morgan fingerprint density at radius 3 is 2.55 bits per heavy atom. The Balaban J connectivity index is 1.56. The molecule has 0 aliphatic carbocycles. The van der Waals surface area contributed by atoms with Gasteiger partial charge in [0.25, 0.3) is 11.8 Å². The first-order valence-electron chi connectivity index (χ1n) is 9.88. The lowest BCUT2D eigenvalue weighted by Gasteiger charge is -2.07. The molecule has 0 saturated carbocycles. The van der Waals surface area contributed by atoms with Gasteiger partial charge in [0.1, 0.15) is 6.54 Å². The zero-order chi connectivity index (χ0) is 23.2. The van der Waals surface area contributed by atoms with E-state index in [-0.39, 0.29) is 17.9 Å². The Kier molecular flexibility index (Phi) is 6.56. The second-order valence-corrected chi connectivity index (χ2v) is 7.73. The minimum absolute atomic E-state index is 0.0113. The summed E-state index contributed by atoms with van der Waals surface area (Å²) in [7, 11) is 1.24. The van der Waals surface area contributed by atoms with Gasteiger partial charge in [-0.1, -0.05) is 30.3 Å². The molecule has 0 bridgehead atoms. The number of anilines is 1. The molecule has 4 rings (SSSR count). The lowest BCUT2D eigenvalue weighted by atomic mass is 10.2. The Bertz CT molecular complexity index is 1290. The van der Waals surface area contributed by atoms with Gasteiger partial charge in [-0.15, -0.1) is 16.4 Å². The summed E-state index contributed by atoms with van der Waals surface area (Å²) in [4.78, 5) is 41.7. The molecule has 4 aromatic rings. The number of amides is 2. The Morgan fingerprint density at radius 1 is 1.00 bits per heavy atom. The largest absolute Gasteiger partial charge is 0.468 e. The molecule has 9 nitrogen and oxygen atoms in total. The van der Waals surface area contributed by atoms with Crippen molar-refractivity contribution < 1.29 is 19.1 Å². The number of nitrogens with one attached hydrogen (secondary N) is 2. The number of methoxy groups -OCH3 is 1. The first-order valence-corrected chi connectivity index (χ1v) is 10.8. The van der Waals surface area contributed by atoms with E-state index in [2.05, 4.69) is 25.5 Å². The standard InChI is InChI=1S/C23H19N5O4S/c1-32-19(29)14-24-22(30)15-7-5-8-16(13-15)25-23(31)20-26-21(18-11-6-12-33-18)28(27-20)17-9-3-2-4-10-17/h2-13H,14H2,1H3,(H,24,30)(H,25,31). The Labute approximate surface area is 193 Å². The fourth-order valence-electron chi connectivity index (χ4n) is 2.97. The molecular weight excluding hydrogens is 442 g/mol. The second kappa shape index (κ2) is 9.88. The zero-order valence-corrected chi connectivity index (χ0v) is 18.3. The number of thiophene rings is 1. The van der Waals surface area contributed by atoms with E-state index >= 15 is 0 Å². The van der Waals surface area contributed by atoms with E-state index in [4.69, 9.17) is 0 Å². The van der Waals surface area contributed by atoms with Crippen LogP contribution in [-0.2, 0) is 9.53 Å². The van der Waals surface area contributed by atoms with E-state index < -0.39 is 17.8 Å². The van der Waals surface area contributed by atoms with Crippen molar-refractivity contribution in [2.24, 2.45) is 0 Å². The highest BCUT2D eigenvalue weighted by atomic mass is 32.1. The molecule has 2 N–H and O–H groups in total. The Morgan fingerprint density at radius 2 is 1.82 bits per heavy atom. The van der Waals surface area contributed by atoms with E-state index in [0.717, 1.165) is 10.6 Å². The van der Waals surface area contributed by atoms with Crippen molar-refractivity contribution in [1.82, 2.24) is 20.1 Å². The molecule has 0 unspecified atom stereocenters. The normalized spacial score (nSPS) is 10.5. The van der Waals surface area contributed by atoms with Gasteiger partial charge >= 0.3 is 5.97 Å². The minimum atomic E-state index is -0.561. The summed E-state index contributed by atoms with van der Waals surface area (Å²) >= 11 is 1.49. The van der Waals surface area contributed by atoms with Crippen molar-refractivity contribution in [3.8, 4) is 16.4 Å². The monoisotopic (exact) mass is 461 g/mol. The quantitative estimate of drug-likeness (QED) is 0.409. The molecule has 166 valence electrons. The number of carbonyl (C=O) groups excluding carboxylic acids is 3. The van der Waals surface area contributed by atoms with Gasteiger partial charge in [-0.05, 0) is 41.8 Å². The number of rotatable bonds is 7. The van der Waals surface area contributed by atoms with Crippen molar-refractivity contribution in [2.45, 2.75) is 0 Å². The lowest BCUT2D eigenvalue weighted by Crippen LogP contribution is -2.30. The third kappa shape index (κ3) is 5.13. The fourth-order valence-corrected chi connectivity index (χ4v) is 3.67. The first kappa shape index (κ1) is 21.9. The number of para-hydroxylation sites is 1. The van der Waals surface area contributed by atoms with Crippen LogP contribution in [0, 0.1) is 0 Å². The van der Waals surface area contributed by atoms with Crippen LogP contribution >= 0.6 is 11.3 Å². The molecule has 2 aromatic heterocycles. The molecule has 10 heteroatoms. The summed E-state index contributed by atoms with van der Waals surface area (Å²) < 4.78 is 6.13. The molecule has 33 heavy (non-hydrogen) atoms. The van der Waals surface area contributed by atoms with Crippen molar-refractivity contribution in [3.63, 3.8) is 0 Å². The van der Waals surface area contributed by atoms with E-state index in [1.807, 2.05) is 47.8 Å². The number of esters is 1. The summed E-state index contributed by atoms with van der Waals surface area (Å²) in [5.74, 6) is -1.01. The molecule has 0 radical (unpaired) electrons. The predicted molar refractivity (Wildman–Crippen MR) is 123 cm³/mol. The number of carbonyl (C=O) groups is 3. The number of ether oxygens (including phenoxy) is 1. The summed E-state index contributed by atoms with van der Waals surface area (Å²) in [5, 5.41) is 11.5. The molecule has 2 heterocycles. The molecule has 0 spiro atoms. The van der Waals surface area contributed by atoms with Crippen LogP contribution in [0.3, 0.4) is 0 Å². The SMILES string of the molecule is COC(=O)CNC(=O)c1cccc(NC(=O)c2nc(-c3cccs3)n(-c3ccccc3)n2)c1. The van der Waals surface area contributed by atoms with Crippen molar-refractivity contribution >= 4 is 34.8 Å². The van der Waals surface area contributed by atoms with Crippen LogP contribution < -0.4 is 10.6 Å². The summed E-state index contributed by atoms with van der Waals surface area (Å²) in [6.07, 6.45) is 0. The molecule has 2 aromatic carbocycles. The maximum absolute atomic E-state index is 12.9. The second-order valence-electron chi connectivity index (χ2n) is 6.78. The first-order chi connectivity index (χ1) is 16.0. The zero-order valence-electron chi connectivity index (χ0n) is 17.5. The van der Waals surface area contributed by atoms with E-state index in [1.54, 1.807) is 22.9 Å². The highest BCUT2D eigenvalue weighted by molar-refractivity contribution is 7.13. The average molecular weight is 462 g/mol. The number of aromatic nitrogens is 3. The lowest BCUT2D eigenvalue weighted by molar-refractivity contribution is -0.139. The number of hydrogen-bond acceptors (Lipinski definition) is 7. The smallest absolute Gasteiger partial charge is 0.325 e. The van der Waals surface area contributed by atoms with Crippen LogP contribution in [0.15, 0.2) is 72.1 Å². The van der Waals surface area contributed by atoms with E-state index in [1.165, 1.54) is 24.5 Å². The van der Waals surface area contributed by atoms with Crippen LogP contribution in [0.5, 0.6) is 0 Å². The topological polar surface area (TPSA) is 115 Å². The van der Waals surface area contributed by atoms with Gasteiger partial charge in [-0.3, -0.25) is 14.4 Å². The number of benzene rings is 2. The molecule has 0 aliphatic heterocycles. The summed E-state index contributed by atoms with van der Waals surface area (Å²) in [5.41, 5.74) is 1.44. The maximum atomic E-state index is 12.9. The van der Waals surface area contributed by atoms with Crippen LogP contribution in [0.25, 0.3) is 16.4 Å². The molecule has 0 aliphatic rings. The summed E-state index contributed by atoms with van der Waals surface area (Å²) in [6.45, 7) is -0.252. The molecule has 0 saturated heterocycles. The van der Waals surface area contributed by atoms with Gasteiger partial charge in [0.2, 0.25) is 5.82 Å². The van der Waals surface area contributed by atoms with Crippen molar-refractivity contribution in [3.05, 3.63) is 83.5 Å². The van der Waals surface area contributed by atoms with Gasteiger partial charge in [-0.2, -0.15) is 0 Å². The van der Waals surface area contributed by atoms with Crippen LogP contribution in [0.2, 0.25) is 0 Å². The third-order valence-electron chi connectivity index (χ3n) is 4.56. The van der Waals surface area contributed by atoms with Crippen molar-refractivity contribution in [1.29, 1.82) is 0 Å². The van der Waals surface area contributed by atoms with Crippen LogP contribution in [0.4, 0.5) is 5.69 Å². The van der Waals surface area contributed by atoms with Gasteiger partial charge in [0, 0.05) is 11.3 Å². The summed E-state index contributed by atoms with van der Waals surface area (Å²) in [6, 6.07) is 19.6.